The van der Waals surface area contributed by atoms with Crippen LogP contribution in [0.15, 0.2) is 0 Å². The van der Waals surface area contributed by atoms with Crippen molar-refractivity contribution in [2.75, 3.05) is 6.54 Å². The molecule has 0 fully saturated rings. The Labute approximate surface area is 100 Å². The molecule has 0 amide bonds. The molecule has 0 heterocycles. The molecule has 0 spiro atoms. The largest absolute Gasteiger partial charge is 0.480 e. The van der Waals surface area contributed by atoms with Crippen LogP contribution in [0.3, 0.4) is 0 Å². The lowest BCUT2D eigenvalue weighted by Gasteiger charge is -2.03. The van der Waals surface area contributed by atoms with Crippen molar-refractivity contribution < 1.29 is 27.4 Å². The number of rotatable bonds is 5. The lowest BCUT2D eigenvalue weighted by atomic mass is 10.1. The molecule has 0 aliphatic heterocycles. The van der Waals surface area contributed by atoms with Crippen molar-refractivity contribution in [2.45, 2.75) is 25.3 Å². The molecule has 0 aromatic heterocycles. The fourth-order valence-corrected chi connectivity index (χ4v) is 0.632. The van der Waals surface area contributed by atoms with Crippen LogP contribution >= 0.6 is 0 Å². The molecule has 0 bridgehead atoms. The minimum Gasteiger partial charge on any atom is -0.480 e. The Morgan fingerprint density at radius 3 is 1.76 bits per heavy atom. The Bertz CT molecular complexity index is 262. The van der Waals surface area contributed by atoms with Gasteiger partial charge < -0.3 is 28.9 Å². The fraction of sp³-hybridized carbons (Fsp3) is 0.833. The summed E-state index contributed by atoms with van der Waals surface area (Å²) >= 11 is 0. The van der Waals surface area contributed by atoms with Crippen molar-refractivity contribution >= 4 is 16.4 Å². The van der Waals surface area contributed by atoms with E-state index in [0.29, 0.717) is 13.0 Å². The van der Waals surface area contributed by atoms with Crippen LogP contribution in [0.4, 0.5) is 0 Å². The molecule has 11 heteroatoms. The van der Waals surface area contributed by atoms with Crippen LogP contribution < -0.4 is 23.8 Å². The van der Waals surface area contributed by atoms with Gasteiger partial charge in [0.05, 0.1) is 0 Å². The molecular formula is C6H22N4O6S. The number of carboxylic acids is 1. The van der Waals surface area contributed by atoms with Crippen molar-refractivity contribution in [3.63, 3.8) is 0 Å². The third-order valence-electron chi connectivity index (χ3n) is 1.29. The van der Waals surface area contributed by atoms with Crippen LogP contribution in [-0.4, -0.2) is 41.2 Å². The summed E-state index contributed by atoms with van der Waals surface area (Å²) in [5.74, 6) is -0.933. The highest BCUT2D eigenvalue weighted by Gasteiger charge is 2.09. The molecule has 108 valence electrons. The third kappa shape index (κ3) is 39.4. The van der Waals surface area contributed by atoms with Crippen molar-refractivity contribution in [3.05, 3.63) is 0 Å². The molecule has 0 aliphatic rings. The van der Waals surface area contributed by atoms with Gasteiger partial charge in [0.25, 0.3) is 0 Å². The molecule has 13 N–H and O–H groups in total. The van der Waals surface area contributed by atoms with Crippen molar-refractivity contribution in [1.29, 1.82) is 0 Å². The van der Waals surface area contributed by atoms with Crippen LogP contribution in [0.1, 0.15) is 19.3 Å². The van der Waals surface area contributed by atoms with E-state index < -0.39 is 22.4 Å². The van der Waals surface area contributed by atoms with Crippen LogP contribution in [0.2, 0.25) is 0 Å². The highest BCUT2D eigenvalue weighted by Crippen LogP contribution is 1.96. The molecule has 0 aliphatic carbocycles. The van der Waals surface area contributed by atoms with Gasteiger partial charge in [-0.2, -0.15) is 8.42 Å². The second kappa shape index (κ2) is 13.2. The zero-order chi connectivity index (χ0) is 12.5. The van der Waals surface area contributed by atoms with E-state index in [4.69, 9.17) is 34.1 Å². The van der Waals surface area contributed by atoms with E-state index in [1.165, 1.54) is 0 Å². The maximum absolute atomic E-state index is 10.1. The first-order valence-electron chi connectivity index (χ1n) is 4.06. The molecule has 10 nitrogen and oxygen atoms in total. The summed E-state index contributed by atoms with van der Waals surface area (Å²) in [5.41, 5.74) is 10.4. The summed E-state index contributed by atoms with van der Waals surface area (Å²) in [4.78, 5) is 10.1. The quantitative estimate of drug-likeness (QED) is 0.244. The minimum absolute atomic E-state index is 0. The van der Waals surface area contributed by atoms with E-state index >= 15 is 0 Å². The van der Waals surface area contributed by atoms with Crippen LogP contribution in [-0.2, 0) is 15.2 Å². The standard InChI is InChI=1S/C6H14N2O2.2H3N.H2O4S/c7-4-2-1-3-5(8)6(9)10;;;1-5(2,3)4/h5H,1-4,7-8H2,(H,9,10);2*1H3;(H2,1,2,3,4). The average Bonchev–Trinajstić information content (AvgIpc) is 2.01. The molecule has 1 unspecified atom stereocenters. The Morgan fingerprint density at radius 2 is 1.53 bits per heavy atom. The van der Waals surface area contributed by atoms with E-state index in [2.05, 4.69) is 0 Å². The number of nitrogens with two attached hydrogens (primary N) is 2. The van der Waals surface area contributed by atoms with Gasteiger partial charge in [0.1, 0.15) is 6.04 Å². The summed E-state index contributed by atoms with van der Waals surface area (Å²) < 4.78 is 31.6. The highest BCUT2D eigenvalue weighted by atomic mass is 32.3. The second-order valence-corrected chi connectivity index (χ2v) is 3.57. The Morgan fingerprint density at radius 1 is 1.18 bits per heavy atom. The molecule has 0 rings (SSSR count). The second-order valence-electron chi connectivity index (χ2n) is 2.68. The van der Waals surface area contributed by atoms with E-state index in [-0.39, 0.29) is 12.3 Å². The maximum Gasteiger partial charge on any atom is 0.394 e. The molecule has 17 heavy (non-hydrogen) atoms. The molecule has 0 radical (unpaired) electrons. The topological polar surface area (TPSA) is 234 Å². The predicted octanol–water partition coefficient (Wildman–Crippen LogP) is -0.801. The molecule has 1 atom stereocenters. The van der Waals surface area contributed by atoms with Gasteiger partial charge in [-0.1, -0.05) is 6.42 Å². The average molecular weight is 278 g/mol. The number of carbonyl (C=O) groups is 1. The molecular weight excluding hydrogens is 256 g/mol. The summed E-state index contributed by atoms with van der Waals surface area (Å²) in [6.07, 6.45) is 2.16. The van der Waals surface area contributed by atoms with Gasteiger partial charge in [-0.05, 0) is 19.4 Å². The number of hydrogen-bond donors (Lipinski definition) is 7. The number of unbranched alkanes of at least 4 members (excludes halogenated alkanes) is 1. The van der Waals surface area contributed by atoms with E-state index in [0.717, 1.165) is 12.8 Å². The summed E-state index contributed by atoms with van der Waals surface area (Å²) in [7, 11) is -4.67. The molecule has 0 saturated carbocycles. The number of carboxylic acid groups (broad SMARTS) is 1. The summed E-state index contributed by atoms with van der Waals surface area (Å²) in [6.45, 7) is 0.604. The van der Waals surface area contributed by atoms with Gasteiger partial charge in [0.15, 0.2) is 0 Å². The van der Waals surface area contributed by atoms with Crippen molar-refractivity contribution in [2.24, 2.45) is 11.5 Å². The Kier molecular flexibility index (Phi) is 19.6. The first-order valence-corrected chi connectivity index (χ1v) is 5.46. The van der Waals surface area contributed by atoms with Gasteiger partial charge in [-0.15, -0.1) is 0 Å². The first-order chi connectivity index (χ1) is 6.68. The third-order valence-corrected chi connectivity index (χ3v) is 1.29. The monoisotopic (exact) mass is 278 g/mol. The normalized spacial score (nSPS) is 11.1. The van der Waals surface area contributed by atoms with Crippen LogP contribution in [0, 0.1) is 0 Å². The van der Waals surface area contributed by atoms with Crippen molar-refractivity contribution in [1.82, 2.24) is 12.3 Å². The van der Waals surface area contributed by atoms with Crippen LogP contribution in [0.25, 0.3) is 0 Å². The lowest BCUT2D eigenvalue weighted by molar-refractivity contribution is -0.138. The smallest absolute Gasteiger partial charge is 0.394 e. The van der Waals surface area contributed by atoms with E-state index in [1.807, 2.05) is 0 Å². The van der Waals surface area contributed by atoms with Crippen molar-refractivity contribution in [3.8, 4) is 0 Å². The van der Waals surface area contributed by atoms with Gasteiger partial charge in [-0.25, -0.2) is 0 Å². The van der Waals surface area contributed by atoms with Gasteiger partial charge >= 0.3 is 16.4 Å². The Balaban J connectivity index is -0.000000105. The summed E-state index contributed by atoms with van der Waals surface area (Å²) in [6, 6.07) is -0.716. The van der Waals surface area contributed by atoms with Gasteiger partial charge in [0, 0.05) is 0 Å². The zero-order valence-corrected chi connectivity index (χ0v) is 10.3. The van der Waals surface area contributed by atoms with E-state index in [9.17, 15) is 4.79 Å². The predicted molar refractivity (Wildman–Crippen MR) is 62.7 cm³/mol. The fourth-order valence-electron chi connectivity index (χ4n) is 0.632. The van der Waals surface area contributed by atoms with Gasteiger partial charge in [-0.3, -0.25) is 13.9 Å². The maximum atomic E-state index is 10.1. The molecule has 0 aromatic carbocycles. The molecule has 0 saturated heterocycles. The zero-order valence-electron chi connectivity index (χ0n) is 9.45. The first kappa shape index (κ1) is 25.1. The minimum atomic E-state index is -4.67. The number of aliphatic carboxylic acids is 1. The lowest BCUT2D eigenvalue weighted by Crippen LogP contribution is -2.29. The molecule has 0 aromatic rings. The SMILES string of the molecule is N.N.NCCCCC(N)C(=O)O.O=S(=O)(O)O. The summed E-state index contributed by atoms with van der Waals surface area (Å²) in [5, 5.41) is 8.33. The Hall–Kier alpha value is -0.820. The van der Waals surface area contributed by atoms with E-state index in [1.54, 1.807) is 0 Å². The number of hydrogen-bond acceptors (Lipinski definition) is 7. The van der Waals surface area contributed by atoms with Crippen LogP contribution in [0.5, 0.6) is 0 Å². The van der Waals surface area contributed by atoms with Gasteiger partial charge in [0.2, 0.25) is 0 Å². The highest BCUT2D eigenvalue weighted by molar-refractivity contribution is 7.79.